The maximum Gasteiger partial charge on any atom is 0.416 e. The average Bonchev–Trinajstić information content (AvgIpc) is 2.37. The van der Waals surface area contributed by atoms with Crippen molar-refractivity contribution in [3.63, 3.8) is 0 Å². The molecule has 1 aromatic carbocycles. The number of hydrogen-bond acceptors (Lipinski definition) is 1. The van der Waals surface area contributed by atoms with Crippen LogP contribution < -0.4 is 5.32 Å². The molecule has 0 heterocycles. The van der Waals surface area contributed by atoms with Crippen LogP contribution in [-0.4, -0.2) is 5.91 Å². The fourth-order valence-corrected chi connectivity index (χ4v) is 2.46. The van der Waals surface area contributed by atoms with Gasteiger partial charge in [0.25, 0.3) is 0 Å². The summed E-state index contributed by atoms with van der Waals surface area (Å²) in [5, 5.41) is 2.36. The van der Waals surface area contributed by atoms with Crippen LogP contribution in [0.5, 0.6) is 0 Å². The van der Waals surface area contributed by atoms with Gasteiger partial charge in [0, 0.05) is 12.1 Å². The van der Waals surface area contributed by atoms with Gasteiger partial charge in [-0.3, -0.25) is 4.79 Å². The number of halogens is 4. The molecule has 0 aromatic heterocycles. The second-order valence-electron chi connectivity index (χ2n) is 5.42. The summed E-state index contributed by atoms with van der Waals surface area (Å²) in [4.78, 5) is 11.9. The second kappa shape index (κ2) is 8.15. The minimum absolute atomic E-state index is 0.163. The van der Waals surface area contributed by atoms with E-state index >= 15 is 0 Å². The minimum atomic E-state index is -4.64. The molecule has 0 aliphatic rings. The van der Waals surface area contributed by atoms with Crippen LogP contribution in [0.25, 0.3) is 0 Å². The number of nitrogens with one attached hydrogen (secondary N) is 1. The van der Waals surface area contributed by atoms with Crippen molar-refractivity contribution in [1.82, 2.24) is 0 Å². The molecule has 6 heteroatoms. The molecule has 1 amide bonds. The van der Waals surface area contributed by atoms with Gasteiger partial charge in [-0.2, -0.15) is 13.2 Å². The van der Waals surface area contributed by atoms with Gasteiger partial charge in [0.1, 0.15) is 5.82 Å². The number of carbonyl (C=O) groups is 1. The van der Waals surface area contributed by atoms with Crippen molar-refractivity contribution in [3.8, 4) is 0 Å². The third kappa shape index (κ3) is 6.03. The van der Waals surface area contributed by atoms with E-state index in [1.807, 2.05) is 13.8 Å². The Hall–Kier alpha value is -1.59. The molecule has 1 aromatic rings. The number of benzene rings is 1. The van der Waals surface area contributed by atoms with E-state index in [4.69, 9.17) is 0 Å². The zero-order chi connectivity index (χ0) is 16.8. The largest absolute Gasteiger partial charge is 0.416 e. The number of hydrogen-bond donors (Lipinski definition) is 1. The standard InChI is InChI=1S/C16H21F4NO/c1-3-5-11(6-4-2)7-15(22)21-14-9-12(16(18,19)20)8-13(17)10-14/h8-11H,3-7H2,1-2H3,(H,21,22). The molecule has 124 valence electrons. The molecule has 22 heavy (non-hydrogen) atoms. The van der Waals surface area contributed by atoms with Gasteiger partial charge in [0.05, 0.1) is 5.56 Å². The van der Waals surface area contributed by atoms with Crippen molar-refractivity contribution >= 4 is 11.6 Å². The molecular formula is C16H21F4NO. The van der Waals surface area contributed by atoms with Gasteiger partial charge in [-0.25, -0.2) is 4.39 Å². The van der Waals surface area contributed by atoms with E-state index < -0.39 is 17.6 Å². The van der Waals surface area contributed by atoms with E-state index in [1.165, 1.54) is 0 Å². The molecule has 1 N–H and O–H groups in total. The smallest absolute Gasteiger partial charge is 0.326 e. The molecule has 0 saturated heterocycles. The van der Waals surface area contributed by atoms with Gasteiger partial charge >= 0.3 is 6.18 Å². The minimum Gasteiger partial charge on any atom is -0.326 e. The van der Waals surface area contributed by atoms with Crippen molar-refractivity contribution < 1.29 is 22.4 Å². The zero-order valence-electron chi connectivity index (χ0n) is 12.8. The maximum atomic E-state index is 13.3. The molecule has 0 saturated carbocycles. The predicted molar refractivity (Wildman–Crippen MR) is 78.0 cm³/mol. The van der Waals surface area contributed by atoms with Gasteiger partial charge < -0.3 is 5.32 Å². The Morgan fingerprint density at radius 2 is 1.73 bits per heavy atom. The summed E-state index contributed by atoms with van der Waals surface area (Å²) in [6.45, 7) is 4.03. The average molecular weight is 319 g/mol. The van der Waals surface area contributed by atoms with E-state index in [9.17, 15) is 22.4 Å². The number of alkyl halides is 3. The Kier molecular flexibility index (Phi) is 6.84. The molecule has 0 bridgehead atoms. The van der Waals surface area contributed by atoms with E-state index in [0.29, 0.717) is 6.07 Å². The third-order valence-corrected chi connectivity index (χ3v) is 3.38. The van der Waals surface area contributed by atoms with Crippen LogP contribution >= 0.6 is 0 Å². The maximum absolute atomic E-state index is 13.3. The monoisotopic (exact) mass is 319 g/mol. The number of carbonyl (C=O) groups excluding carboxylic acids is 1. The Balaban J connectivity index is 2.77. The summed E-state index contributed by atoms with van der Waals surface area (Å²) >= 11 is 0. The molecule has 2 nitrogen and oxygen atoms in total. The van der Waals surface area contributed by atoms with Crippen LogP contribution in [0.1, 0.15) is 51.5 Å². The van der Waals surface area contributed by atoms with Crippen molar-refractivity contribution in [2.24, 2.45) is 5.92 Å². The molecule has 0 spiro atoms. The van der Waals surface area contributed by atoms with Crippen LogP contribution in [0.3, 0.4) is 0 Å². The van der Waals surface area contributed by atoms with Crippen molar-refractivity contribution in [3.05, 3.63) is 29.6 Å². The summed E-state index contributed by atoms with van der Waals surface area (Å²) in [5.74, 6) is -1.21. The lowest BCUT2D eigenvalue weighted by molar-refractivity contribution is -0.137. The first-order valence-electron chi connectivity index (χ1n) is 7.43. The van der Waals surface area contributed by atoms with Crippen molar-refractivity contribution in [2.45, 2.75) is 52.1 Å². The van der Waals surface area contributed by atoms with Gasteiger partial charge in [-0.1, -0.05) is 39.5 Å². The van der Waals surface area contributed by atoms with Crippen molar-refractivity contribution in [2.75, 3.05) is 5.32 Å². The van der Waals surface area contributed by atoms with E-state index in [1.54, 1.807) is 0 Å². The third-order valence-electron chi connectivity index (χ3n) is 3.38. The highest BCUT2D eigenvalue weighted by Gasteiger charge is 2.31. The SMILES string of the molecule is CCCC(CCC)CC(=O)Nc1cc(F)cc(C(F)(F)F)c1. The number of amides is 1. The lowest BCUT2D eigenvalue weighted by atomic mass is 9.94. The normalized spacial score (nSPS) is 11.8. The highest BCUT2D eigenvalue weighted by molar-refractivity contribution is 5.90. The topological polar surface area (TPSA) is 29.1 Å². The number of anilines is 1. The molecule has 1 rings (SSSR count). The highest BCUT2D eigenvalue weighted by Crippen LogP contribution is 2.31. The highest BCUT2D eigenvalue weighted by atomic mass is 19.4. The Morgan fingerprint density at radius 1 is 1.14 bits per heavy atom. The Bertz CT molecular complexity index is 493. The Morgan fingerprint density at radius 3 is 2.23 bits per heavy atom. The molecular weight excluding hydrogens is 298 g/mol. The summed E-state index contributed by atoms with van der Waals surface area (Å²) in [7, 11) is 0. The van der Waals surface area contributed by atoms with E-state index in [0.717, 1.165) is 37.8 Å². The molecule has 0 radical (unpaired) electrons. The van der Waals surface area contributed by atoms with Crippen molar-refractivity contribution in [1.29, 1.82) is 0 Å². The summed E-state index contributed by atoms with van der Waals surface area (Å²) in [6, 6.07) is 2.05. The van der Waals surface area contributed by atoms with Crippen LogP contribution in [0.2, 0.25) is 0 Å². The van der Waals surface area contributed by atoms with Crippen LogP contribution in [0.4, 0.5) is 23.2 Å². The summed E-state index contributed by atoms with van der Waals surface area (Å²) in [6.07, 6.45) is -0.753. The van der Waals surface area contributed by atoms with E-state index in [-0.39, 0.29) is 23.9 Å². The second-order valence-corrected chi connectivity index (χ2v) is 5.42. The first-order chi connectivity index (χ1) is 10.3. The molecule has 0 aliphatic heterocycles. The van der Waals surface area contributed by atoms with Gasteiger partial charge in [-0.15, -0.1) is 0 Å². The van der Waals surface area contributed by atoms with Gasteiger partial charge in [0.2, 0.25) is 5.91 Å². The van der Waals surface area contributed by atoms with Crippen LogP contribution in [0.15, 0.2) is 18.2 Å². The van der Waals surface area contributed by atoms with Crippen LogP contribution in [0, 0.1) is 11.7 Å². The zero-order valence-corrected chi connectivity index (χ0v) is 12.8. The number of rotatable bonds is 7. The fraction of sp³-hybridized carbons (Fsp3) is 0.562. The Labute approximate surface area is 127 Å². The molecule has 0 aliphatic carbocycles. The predicted octanol–water partition coefficient (Wildman–Crippen LogP) is 5.39. The first-order valence-corrected chi connectivity index (χ1v) is 7.43. The molecule has 0 unspecified atom stereocenters. The fourth-order valence-electron chi connectivity index (χ4n) is 2.46. The summed E-state index contributed by atoms with van der Waals surface area (Å²) < 4.78 is 51.1. The quantitative estimate of drug-likeness (QED) is 0.671. The lowest BCUT2D eigenvalue weighted by Gasteiger charge is -2.15. The molecule has 0 fully saturated rings. The molecule has 0 atom stereocenters. The lowest BCUT2D eigenvalue weighted by Crippen LogP contribution is -2.17. The first kappa shape index (κ1) is 18.5. The summed E-state index contributed by atoms with van der Waals surface area (Å²) in [5.41, 5.74) is -1.27. The van der Waals surface area contributed by atoms with Crippen LogP contribution in [-0.2, 0) is 11.0 Å². The van der Waals surface area contributed by atoms with E-state index in [2.05, 4.69) is 5.32 Å². The van der Waals surface area contributed by atoms with Gasteiger partial charge in [0.15, 0.2) is 0 Å². The van der Waals surface area contributed by atoms with Gasteiger partial charge in [-0.05, 0) is 24.1 Å².